The van der Waals surface area contributed by atoms with Crippen molar-refractivity contribution in [3.05, 3.63) is 22.2 Å². The molecule has 4 N–H and O–H groups in total. The van der Waals surface area contributed by atoms with E-state index in [0.717, 1.165) is 19.1 Å². The van der Waals surface area contributed by atoms with Gasteiger partial charge in [-0.3, -0.25) is 4.79 Å². The summed E-state index contributed by atoms with van der Waals surface area (Å²) in [7, 11) is -4.13. The highest BCUT2D eigenvalue weighted by molar-refractivity contribution is 9.10. The summed E-state index contributed by atoms with van der Waals surface area (Å²) < 4.78 is 25.3. The summed E-state index contributed by atoms with van der Waals surface area (Å²) in [4.78, 5) is 21.3. The number of carboxylic acid groups (broad SMARTS) is 1. The van der Waals surface area contributed by atoms with Crippen LogP contribution in [0.3, 0.4) is 0 Å². The number of sulfonamides is 1. The molecule has 0 aliphatic heterocycles. The molecule has 0 bridgehead atoms. The van der Waals surface area contributed by atoms with Crippen LogP contribution < -0.4 is 10.5 Å². The highest BCUT2D eigenvalue weighted by Gasteiger charge is 2.22. The number of nitrogens with one attached hydrogen (secondary N) is 1. The van der Waals surface area contributed by atoms with Crippen LogP contribution in [0, 0.1) is 0 Å². The van der Waals surface area contributed by atoms with E-state index in [0.29, 0.717) is 0 Å². The summed E-state index contributed by atoms with van der Waals surface area (Å²) in [5.41, 5.74) is 5.00. The fraction of sp³-hybridized carbons (Fsp3) is 0.111. The number of carbonyl (C=O) groups is 2. The molecule has 1 aromatic carbocycles. The average Bonchev–Trinajstić information content (AvgIpc) is 2.13. The van der Waals surface area contributed by atoms with Gasteiger partial charge in [-0.25, -0.2) is 17.9 Å². The molecule has 0 saturated heterocycles. The molecular weight excluding hydrogens is 328 g/mol. The Labute approximate surface area is 111 Å². The molecular formula is C9H9BrN2O5S. The molecule has 0 radical (unpaired) electrons. The summed E-state index contributed by atoms with van der Waals surface area (Å²) in [5, 5.41) is 8.85. The fourth-order valence-electron chi connectivity index (χ4n) is 1.20. The van der Waals surface area contributed by atoms with Gasteiger partial charge in [-0.2, -0.15) is 0 Å². The van der Waals surface area contributed by atoms with E-state index >= 15 is 0 Å². The largest absolute Gasteiger partial charge is 0.478 e. The first-order valence-electron chi connectivity index (χ1n) is 4.51. The van der Waals surface area contributed by atoms with E-state index in [9.17, 15) is 18.0 Å². The standard InChI is InChI=1S/C9H9BrN2O5S/c1-4(13)12-18(16,17)8-2-5(9(14)15)7(11)3-6(8)10/h2-3H,11H2,1H3,(H,12,13)(H,14,15). The average molecular weight is 337 g/mol. The highest BCUT2D eigenvalue weighted by Crippen LogP contribution is 2.27. The zero-order valence-electron chi connectivity index (χ0n) is 9.10. The molecule has 1 amide bonds. The van der Waals surface area contributed by atoms with Gasteiger partial charge in [-0.1, -0.05) is 0 Å². The normalized spacial score (nSPS) is 11.0. The Balaban J connectivity index is 3.46. The monoisotopic (exact) mass is 336 g/mol. The van der Waals surface area contributed by atoms with Crippen LogP contribution in [0.4, 0.5) is 5.69 Å². The molecule has 18 heavy (non-hydrogen) atoms. The molecule has 0 saturated carbocycles. The van der Waals surface area contributed by atoms with Crippen LogP contribution >= 0.6 is 15.9 Å². The number of nitrogens with two attached hydrogens (primary N) is 1. The number of nitrogen functional groups attached to an aromatic ring is 1. The lowest BCUT2D eigenvalue weighted by molar-refractivity contribution is -0.117. The number of carboxylic acids is 1. The SMILES string of the molecule is CC(=O)NS(=O)(=O)c1cc(C(=O)O)c(N)cc1Br. The molecule has 7 nitrogen and oxygen atoms in total. The molecule has 0 aliphatic carbocycles. The van der Waals surface area contributed by atoms with Gasteiger partial charge in [-0.05, 0) is 28.1 Å². The maximum atomic E-state index is 11.8. The van der Waals surface area contributed by atoms with E-state index < -0.39 is 21.9 Å². The van der Waals surface area contributed by atoms with Crippen LogP contribution in [0.25, 0.3) is 0 Å². The summed E-state index contributed by atoms with van der Waals surface area (Å²) in [6.07, 6.45) is 0. The Kier molecular flexibility index (Phi) is 3.97. The van der Waals surface area contributed by atoms with Crippen molar-refractivity contribution in [2.45, 2.75) is 11.8 Å². The van der Waals surface area contributed by atoms with Crippen molar-refractivity contribution < 1.29 is 23.1 Å². The van der Waals surface area contributed by atoms with Gasteiger partial charge < -0.3 is 10.8 Å². The lowest BCUT2D eigenvalue weighted by Gasteiger charge is -2.09. The van der Waals surface area contributed by atoms with Crippen molar-refractivity contribution >= 4 is 43.5 Å². The van der Waals surface area contributed by atoms with Crippen LogP contribution in [-0.2, 0) is 14.8 Å². The van der Waals surface area contributed by atoms with Crippen LogP contribution in [0.2, 0.25) is 0 Å². The minimum Gasteiger partial charge on any atom is -0.478 e. The number of rotatable bonds is 3. The maximum absolute atomic E-state index is 11.8. The first-order chi connectivity index (χ1) is 8.15. The topological polar surface area (TPSA) is 127 Å². The van der Waals surface area contributed by atoms with Crippen molar-refractivity contribution in [3.8, 4) is 0 Å². The second-order valence-corrected chi connectivity index (χ2v) is 5.84. The minimum absolute atomic E-state index is 0.0683. The number of amides is 1. The van der Waals surface area contributed by atoms with Gasteiger partial charge in [0.05, 0.1) is 5.56 Å². The summed E-state index contributed by atoms with van der Waals surface area (Å²) in [6.45, 7) is 1.03. The number of anilines is 1. The quantitative estimate of drug-likeness (QED) is 0.692. The van der Waals surface area contributed by atoms with Crippen LogP contribution in [0.5, 0.6) is 0 Å². The highest BCUT2D eigenvalue weighted by atomic mass is 79.9. The minimum atomic E-state index is -4.13. The molecule has 0 aliphatic rings. The summed E-state index contributed by atoms with van der Waals surface area (Å²) in [5.74, 6) is -2.14. The maximum Gasteiger partial charge on any atom is 0.337 e. The van der Waals surface area contributed by atoms with Crippen LogP contribution in [0.15, 0.2) is 21.5 Å². The smallest absolute Gasteiger partial charge is 0.337 e. The van der Waals surface area contributed by atoms with Crippen LogP contribution in [-0.4, -0.2) is 25.4 Å². The molecule has 1 aromatic rings. The Morgan fingerprint density at radius 1 is 1.39 bits per heavy atom. The Morgan fingerprint density at radius 2 is 1.94 bits per heavy atom. The molecule has 0 fully saturated rings. The third kappa shape index (κ3) is 2.99. The number of hydrogen-bond donors (Lipinski definition) is 3. The zero-order valence-corrected chi connectivity index (χ0v) is 11.5. The van der Waals surface area contributed by atoms with Crippen molar-refractivity contribution in [1.82, 2.24) is 4.72 Å². The summed E-state index contributed by atoms with van der Waals surface area (Å²) in [6, 6.07) is 2.03. The van der Waals surface area contributed by atoms with E-state index in [-0.39, 0.29) is 20.6 Å². The molecule has 1 rings (SSSR count). The first kappa shape index (κ1) is 14.5. The van der Waals surface area contributed by atoms with Crippen molar-refractivity contribution in [2.24, 2.45) is 0 Å². The molecule has 0 unspecified atom stereocenters. The van der Waals surface area contributed by atoms with E-state index in [2.05, 4.69) is 15.9 Å². The lowest BCUT2D eigenvalue weighted by Crippen LogP contribution is -2.28. The second kappa shape index (κ2) is 4.94. The van der Waals surface area contributed by atoms with Crippen molar-refractivity contribution in [3.63, 3.8) is 0 Å². The zero-order chi connectivity index (χ0) is 14.1. The van der Waals surface area contributed by atoms with E-state index in [4.69, 9.17) is 10.8 Å². The van der Waals surface area contributed by atoms with Gasteiger partial charge in [0.2, 0.25) is 5.91 Å². The third-order valence-corrected chi connectivity index (χ3v) is 4.29. The van der Waals surface area contributed by atoms with Gasteiger partial charge in [0.1, 0.15) is 4.90 Å². The van der Waals surface area contributed by atoms with Crippen molar-refractivity contribution in [1.29, 1.82) is 0 Å². The molecule has 0 atom stereocenters. The molecule has 9 heteroatoms. The second-order valence-electron chi connectivity index (χ2n) is 3.34. The number of carbonyl (C=O) groups excluding carboxylic acids is 1. The first-order valence-corrected chi connectivity index (χ1v) is 6.78. The van der Waals surface area contributed by atoms with Gasteiger partial charge in [0.25, 0.3) is 10.0 Å². The fourth-order valence-corrected chi connectivity index (χ4v) is 3.28. The van der Waals surface area contributed by atoms with E-state index in [1.807, 2.05) is 0 Å². The van der Waals surface area contributed by atoms with Gasteiger partial charge in [0.15, 0.2) is 0 Å². The third-order valence-electron chi connectivity index (χ3n) is 1.90. The number of aromatic carboxylic acids is 1. The van der Waals surface area contributed by atoms with Gasteiger partial charge >= 0.3 is 5.97 Å². The Bertz CT molecular complexity index is 626. The predicted octanol–water partition coefficient (Wildman–Crippen LogP) is 0.554. The van der Waals surface area contributed by atoms with Crippen molar-refractivity contribution in [2.75, 3.05) is 5.73 Å². The molecule has 98 valence electrons. The Morgan fingerprint density at radius 3 is 2.39 bits per heavy atom. The van der Waals surface area contributed by atoms with Gasteiger partial charge in [0, 0.05) is 17.1 Å². The number of halogens is 1. The van der Waals surface area contributed by atoms with E-state index in [1.54, 1.807) is 4.72 Å². The van der Waals surface area contributed by atoms with Crippen LogP contribution in [0.1, 0.15) is 17.3 Å². The molecule has 0 spiro atoms. The molecule has 0 aromatic heterocycles. The summed E-state index contributed by atoms with van der Waals surface area (Å²) >= 11 is 2.95. The number of benzene rings is 1. The predicted molar refractivity (Wildman–Crippen MR) is 66.5 cm³/mol. The molecule has 0 heterocycles. The lowest BCUT2D eigenvalue weighted by atomic mass is 10.2. The van der Waals surface area contributed by atoms with Gasteiger partial charge in [-0.15, -0.1) is 0 Å². The Hall–Kier alpha value is -1.61. The number of hydrogen-bond acceptors (Lipinski definition) is 5. The van der Waals surface area contributed by atoms with E-state index in [1.165, 1.54) is 0 Å².